The molecule has 1 saturated heterocycles. The van der Waals surface area contributed by atoms with Gasteiger partial charge in [-0.15, -0.1) is 4.37 Å². The number of ether oxygens (including phenoxy) is 3. The van der Waals surface area contributed by atoms with Crippen LogP contribution in [0.4, 0.5) is 5.82 Å². The second-order valence-corrected chi connectivity index (χ2v) is 18.0. The topological polar surface area (TPSA) is 126 Å². The summed E-state index contributed by atoms with van der Waals surface area (Å²) in [6.45, 7) is 16.9. The van der Waals surface area contributed by atoms with Gasteiger partial charge in [0.1, 0.15) is 12.7 Å². The fourth-order valence-corrected chi connectivity index (χ4v) is 11.4. The molecule has 5 fully saturated rings. The third-order valence-corrected chi connectivity index (χ3v) is 14.1. The van der Waals surface area contributed by atoms with E-state index < -0.39 is 6.10 Å². The summed E-state index contributed by atoms with van der Waals surface area (Å²) in [4.78, 5) is 15.5. The van der Waals surface area contributed by atoms with E-state index in [2.05, 4.69) is 60.5 Å². The van der Waals surface area contributed by atoms with E-state index in [-0.39, 0.29) is 41.2 Å². The highest BCUT2D eigenvalue weighted by molar-refractivity contribution is 6.99. The first-order chi connectivity index (χ1) is 22.8. The minimum Gasteiger partial charge on any atom is -0.470 e. The van der Waals surface area contributed by atoms with Crippen LogP contribution in [0.1, 0.15) is 106 Å². The fraction of sp³-hybridized carbons (Fsp3) is 0.919. The number of aromatic nitrogens is 2. The summed E-state index contributed by atoms with van der Waals surface area (Å²) in [5.41, 5.74) is -0.0156. The fourth-order valence-electron chi connectivity index (χ4n) is 10.9. The van der Waals surface area contributed by atoms with Gasteiger partial charge in [-0.05, 0) is 125 Å². The van der Waals surface area contributed by atoms with Crippen molar-refractivity contribution in [3.05, 3.63) is 0 Å². The van der Waals surface area contributed by atoms with E-state index in [1.54, 1.807) is 0 Å². The average molecular weight is 691 g/mol. The highest BCUT2D eigenvalue weighted by Gasteiger charge is 2.63. The van der Waals surface area contributed by atoms with Crippen LogP contribution in [0.25, 0.3) is 0 Å². The van der Waals surface area contributed by atoms with Crippen LogP contribution in [0, 0.1) is 46.3 Å². The minimum absolute atomic E-state index is 0.116. The van der Waals surface area contributed by atoms with Crippen molar-refractivity contribution in [3.63, 3.8) is 0 Å². The number of nitrogens with one attached hydrogen (secondary N) is 1. The Labute approximate surface area is 292 Å². The first-order valence-electron chi connectivity index (χ1n) is 18.9. The molecule has 1 aliphatic heterocycles. The van der Waals surface area contributed by atoms with Gasteiger partial charge < -0.3 is 34.6 Å². The van der Waals surface area contributed by atoms with Crippen molar-refractivity contribution in [1.82, 2.24) is 14.1 Å². The summed E-state index contributed by atoms with van der Waals surface area (Å²) in [6, 6.07) is 0. The molecule has 272 valence electrons. The Morgan fingerprint density at radius 1 is 1.08 bits per heavy atom. The molecular weight excluding hydrogens is 628 g/mol. The molecule has 48 heavy (non-hydrogen) atoms. The molecular formula is C37H62N4O6S. The molecule has 3 N–H and O–H groups in total. The molecule has 4 aliphatic carbocycles. The number of fused-ring (bicyclic) bond motifs is 5. The quantitative estimate of drug-likeness (QED) is 0.258. The van der Waals surface area contributed by atoms with Crippen molar-refractivity contribution in [2.24, 2.45) is 46.3 Å². The minimum atomic E-state index is -0.464. The average Bonchev–Trinajstić information content (AvgIpc) is 3.67. The second kappa shape index (κ2) is 14.6. The zero-order valence-corrected chi connectivity index (χ0v) is 31.1. The van der Waals surface area contributed by atoms with Crippen molar-refractivity contribution < 1.29 is 29.2 Å². The van der Waals surface area contributed by atoms with Crippen molar-refractivity contribution >= 4 is 23.5 Å². The van der Waals surface area contributed by atoms with Crippen LogP contribution in [-0.2, 0) is 14.3 Å². The van der Waals surface area contributed by atoms with Gasteiger partial charge in [0, 0.05) is 31.6 Å². The molecule has 1 aromatic heterocycles. The van der Waals surface area contributed by atoms with Crippen LogP contribution in [0.2, 0.25) is 0 Å². The summed E-state index contributed by atoms with van der Waals surface area (Å²) in [5, 5.41) is 25.8. The predicted octanol–water partition coefficient (Wildman–Crippen LogP) is 5.46. The summed E-state index contributed by atoms with van der Waals surface area (Å²) < 4.78 is 26.5. The predicted molar refractivity (Wildman–Crippen MR) is 187 cm³/mol. The normalized spacial score (nSPS) is 38.0. The number of hydrogen-bond donors (Lipinski definition) is 3. The Morgan fingerprint density at radius 2 is 1.85 bits per heavy atom. The van der Waals surface area contributed by atoms with Crippen molar-refractivity contribution in [2.45, 2.75) is 130 Å². The molecule has 11 heteroatoms. The van der Waals surface area contributed by atoms with Gasteiger partial charge in [-0.25, -0.2) is 0 Å². The molecule has 0 radical (unpaired) electrons. The summed E-state index contributed by atoms with van der Waals surface area (Å²) in [6.07, 6.45) is 8.72. The molecule has 6 rings (SSSR count). The van der Waals surface area contributed by atoms with Gasteiger partial charge in [0.05, 0.1) is 37.1 Å². The van der Waals surface area contributed by atoms with Crippen molar-refractivity contribution in [1.29, 1.82) is 0 Å². The largest absolute Gasteiger partial charge is 0.470 e. The van der Waals surface area contributed by atoms with E-state index in [4.69, 9.17) is 14.2 Å². The molecule has 0 bridgehead atoms. The number of aliphatic hydroxyl groups excluding tert-OH is 2. The number of nitrogens with zero attached hydrogens (tertiary/aromatic N) is 3. The van der Waals surface area contributed by atoms with Gasteiger partial charge in [-0.3, -0.25) is 4.79 Å². The SMILES string of the molecule is C[C@H](CCC(=O)O[C@@H](CNC(C)(C)C)COc1nsnc1N1CCOCC1)[C@H]1CC[C@H]2[C@@H]3CC[C@@H]4C[C@H](O)CC[C@]4(C)[C@H]3C[C@H](O)[C@]12C. The summed E-state index contributed by atoms with van der Waals surface area (Å²) in [7, 11) is 0. The number of carbonyl (C=O) groups is 1. The second-order valence-electron chi connectivity index (χ2n) is 17.4. The zero-order valence-electron chi connectivity index (χ0n) is 30.3. The first-order valence-corrected chi connectivity index (χ1v) is 19.6. The summed E-state index contributed by atoms with van der Waals surface area (Å²) in [5.74, 6) is 4.03. The van der Waals surface area contributed by atoms with Crippen LogP contribution in [-0.4, -0.2) is 88.2 Å². The lowest BCUT2D eigenvalue weighted by atomic mass is 9.43. The van der Waals surface area contributed by atoms with Crippen LogP contribution in [0.15, 0.2) is 0 Å². The number of esters is 1. The summed E-state index contributed by atoms with van der Waals surface area (Å²) >= 11 is 1.13. The standard InChI is InChI=1S/C37H62N4O6S/c1-23(28-10-11-29-27-9-8-24-19-25(42)13-14-36(24,5)30(27)20-31(43)37(28,29)6)7-12-32(44)47-26(21-38-35(2,3)4)22-46-34-33(39-48-40-34)41-15-17-45-18-16-41/h23-31,38,42-43H,7-22H2,1-6H3/t23-,24-,25-,26+,27+,28-,29+,30+,31+,36+,37-/m1/s1. The Hall–Kier alpha value is -1.53. The lowest BCUT2D eigenvalue weighted by Gasteiger charge is -2.62. The molecule has 1 aromatic rings. The Balaban J connectivity index is 1.05. The third kappa shape index (κ3) is 7.41. The maximum Gasteiger partial charge on any atom is 0.306 e. The van der Waals surface area contributed by atoms with Gasteiger partial charge in [-0.2, -0.15) is 4.37 Å². The highest BCUT2D eigenvalue weighted by atomic mass is 32.1. The van der Waals surface area contributed by atoms with E-state index in [1.807, 2.05) is 0 Å². The highest BCUT2D eigenvalue weighted by Crippen LogP contribution is 2.68. The van der Waals surface area contributed by atoms with Gasteiger partial charge in [0.25, 0.3) is 5.88 Å². The lowest BCUT2D eigenvalue weighted by Crippen LogP contribution is -2.58. The zero-order chi connectivity index (χ0) is 34.3. The molecule has 0 unspecified atom stereocenters. The molecule has 0 amide bonds. The Morgan fingerprint density at radius 3 is 2.60 bits per heavy atom. The molecule has 4 saturated carbocycles. The van der Waals surface area contributed by atoms with Gasteiger partial charge in [0.2, 0.25) is 5.82 Å². The number of morpholine rings is 1. The van der Waals surface area contributed by atoms with Gasteiger partial charge in [-0.1, -0.05) is 20.8 Å². The van der Waals surface area contributed by atoms with Crippen molar-refractivity contribution in [2.75, 3.05) is 44.4 Å². The lowest BCUT2D eigenvalue weighted by molar-refractivity contribution is -0.175. The molecule has 5 aliphatic rings. The molecule has 10 nitrogen and oxygen atoms in total. The molecule has 2 heterocycles. The maximum absolute atomic E-state index is 13.4. The van der Waals surface area contributed by atoms with Crippen molar-refractivity contribution in [3.8, 4) is 5.88 Å². The van der Waals surface area contributed by atoms with E-state index in [9.17, 15) is 15.0 Å². The van der Waals surface area contributed by atoms with E-state index >= 15 is 0 Å². The van der Waals surface area contributed by atoms with Gasteiger partial charge in [0.15, 0.2) is 0 Å². The molecule has 11 atom stereocenters. The monoisotopic (exact) mass is 690 g/mol. The van der Waals surface area contributed by atoms with E-state index in [1.165, 1.54) is 19.3 Å². The first kappa shape index (κ1) is 36.3. The van der Waals surface area contributed by atoms with Crippen LogP contribution < -0.4 is 15.0 Å². The maximum atomic E-state index is 13.4. The number of rotatable bonds is 11. The number of carbonyl (C=O) groups excluding carboxylic acids is 1. The smallest absolute Gasteiger partial charge is 0.306 e. The number of hydrogen-bond acceptors (Lipinski definition) is 11. The number of aliphatic hydroxyl groups is 2. The third-order valence-electron chi connectivity index (χ3n) is 13.6. The molecule has 0 spiro atoms. The molecule has 0 aromatic carbocycles. The van der Waals surface area contributed by atoms with E-state index in [0.717, 1.165) is 69.2 Å². The Bertz CT molecular complexity index is 1240. The number of anilines is 1. The van der Waals surface area contributed by atoms with Crippen LogP contribution >= 0.6 is 11.7 Å². The van der Waals surface area contributed by atoms with Crippen LogP contribution in [0.5, 0.6) is 5.88 Å². The van der Waals surface area contributed by atoms with E-state index in [0.29, 0.717) is 67.6 Å². The Kier molecular flexibility index (Phi) is 11.0. The van der Waals surface area contributed by atoms with Crippen LogP contribution in [0.3, 0.4) is 0 Å². The van der Waals surface area contributed by atoms with Gasteiger partial charge >= 0.3 is 5.97 Å².